The number of aryl methyl sites for hydroxylation is 1. The summed E-state index contributed by atoms with van der Waals surface area (Å²) >= 11 is 4.85. The van der Waals surface area contributed by atoms with Crippen LogP contribution in [0.25, 0.3) is 0 Å². The van der Waals surface area contributed by atoms with E-state index in [1.807, 2.05) is 25.5 Å². The summed E-state index contributed by atoms with van der Waals surface area (Å²) in [5.74, 6) is -0.279. The van der Waals surface area contributed by atoms with Crippen LogP contribution in [-0.2, 0) is 11.0 Å². The van der Waals surface area contributed by atoms with Gasteiger partial charge in [0.05, 0.1) is 11.7 Å². The van der Waals surface area contributed by atoms with Crippen molar-refractivity contribution < 1.29 is 9.53 Å². The largest absolute Gasteiger partial charge is 0.456 e. The highest BCUT2D eigenvalue weighted by atomic mass is 32.2. The van der Waals surface area contributed by atoms with Crippen molar-refractivity contribution in [3.05, 3.63) is 21.9 Å². The molecule has 0 aliphatic heterocycles. The van der Waals surface area contributed by atoms with Crippen LogP contribution in [0.2, 0.25) is 0 Å². The summed E-state index contributed by atoms with van der Waals surface area (Å²) in [5.41, 5.74) is 6.25. The molecule has 0 aromatic carbocycles. The minimum atomic E-state index is -0.279. The van der Waals surface area contributed by atoms with Crippen LogP contribution < -0.4 is 5.73 Å². The van der Waals surface area contributed by atoms with Gasteiger partial charge in [-0.25, -0.2) is 4.79 Å². The van der Waals surface area contributed by atoms with E-state index in [1.54, 1.807) is 6.07 Å². The van der Waals surface area contributed by atoms with Gasteiger partial charge in [-0.3, -0.25) is 0 Å². The molecule has 0 aliphatic carbocycles. The standard InChI is InChI=1S/C10H13NO2S2/c1-6(2)13-10(12)8-4-7(9(11)14)5-15(8)3/h4-6H,1-3H3,(H-,11,14)/p+1. The maximum absolute atomic E-state index is 11.6. The molecule has 1 rings (SSSR count). The minimum absolute atomic E-state index is 0.107. The van der Waals surface area contributed by atoms with E-state index in [0.29, 0.717) is 9.87 Å². The first-order valence-electron chi connectivity index (χ1n) is 4.51. The molecule has 1 atom stereocenters. The van der Waals surface area contributed by atoms with Crippen LogP contribution >= 0.6 is 22.7 Å². The third-order valence-electron chi connectivity index (χ3n) is 1.77. The van der Waals surface area contributed by atoms with Crippen LogP contribution in [0.1, 0.15) is 29.1 Å². The lowest BCUT2D eigenvalue weighted by atomic mass is 10.3. The predicted molar refractivity (Wildman–Crippen MR) is 66.3 cm³/mol. The summed E-state index contributed by atoms with van der Waals surface area (Å²) in [4.78, 5) is 12.6. The van der Waals surface area contributed by atoms with Gasteiger partial charge in [0, 0.05) is 6.07 Å². The fourth-order valence-corrected chi connectivity index (χ4v) is 2.63. The Hall–Kier alpha value is -0.940. The maximum atomic E-state index is 11.6. The average molecular weight is 244 g/mol. The number of thiophene rings is 1. The van der Waals surface area contributed by atoms with Crippen molar-refractivity contribution in [3.63, 3.8) is 0 Å². The number of rotatable bonds is 3. The molecule has 0 saturated carbocycles. The molecule has 0 amide bonds. The number of ether oxygens (including phenoxy) is 1. The first-order valence-corrected chi connectivity index (χ1v) is 6.61. The molecule has 0 aliphatic rings. The van der Waals surface area contributed by atoms with Gasteiger partial charge in [-0.2, -0.15) is 0 Å². The van der Waals surface area contributed by atoms with Crippen molar-refractivity contribution in [2.24, 2.45) is 12.0 Å². The van der Waals surface area contributed by atoms with Crippen LogP contribution in [-0.4, -0.2) is 17.1 Å². The van der Waals surface area contributed by atoms with Gasteiger partial charge in [0.2, 0.25) is 0 Å². The van der Waals surface area contributed by atoms with Gasteiger partial charge in [0.25, 0.3) is 4.88 Å². The Kier molecular flexibility index (Phi) is 3.82. The van der Waals surface area contributed by atoms with Crippen molar-refractivity contribution >= 4 is 33.6 Å². The van der Waals surface area contributed by atoms with Crippen LogP contribution in [0.4, 0.5) is 0 Å². The van der Waals surface area contributed by atoms with Crippen molar-refractivity contribution in [3.8, 4) is 0 Å². The Labute approximate surface area is 97.2 Å². The molecule has 5 heteroatoms. The molecule has 0 saturated heterocycles. The van der Waals surface area contributed by atoms with E-state index in [1.165, 1.54) is 0 Å². The van der Waals surface area contributed by atoms with E-state index < -0.39 is 0 Å². The summed E-state index contributed by atoms with van der Waals surface area (Å²) in [6.45, 7) is 3.65. The van der Waals surface area contributed by atoms with Crippen molar-refractivity contribution in [1.29, 1.82) is 0 Å². The summed E-state index contributed by atoms with van der Waals surface area (Å²) in [6, 6.07) is 1.72. The van der Waals surface area contributed by atoms with Gasteiger partial charge >= 0.3 is 5.97 Å². The fraction of sp³-hybridized carbons (Fsp3) is 0.400. The van der Waals surface area contributed by atoms with Gasteiger partial charge in [-0.05, 0) is 24.3 Å². The van der Waals surface area contributed by atoms with Gasteiger partial charge < -0.3 is 10.5 Å². The van der Waals surface area contributed by atoms with Gasteiger partial charge in [0.15, 0.2) is 0 Å². The number of carbonyl (C=O) groups is 1. The first-order chi connectivity index (χ1) is 6.91. The van der Waals surface area contributed by atoms with Crippen LogP contribution in [0.15, 0.2) is 11.4 Å². The molecule has 1 heterocycles. The lowest BCUT2D eigenvalue weighted by Gasteiger charge is -2.03. The highest BCUT2D eigenvalue weighted by Gasteiger charge is 2.23. The normalized spacial score (nSPS) is 11.6. The number of thiocarbonyl (C=S) groups is 1. The molecule has 1 unspecified atom stereocenters. The summed E-state index contributed by atoms with van der Waals surface area (Å²) in [5, 5.41) is 1.90. The van der Waals surface area contributed by atoms with Crippen LogP contribution in [0.3, 0.4) is 0 Å². The quantitative estimate of drug-likeness (QED) is 0.503. The van der Waals surface area contributed by atoms with Gasteiger partial charge in [-0.15, -0.1) is 0 Å². The van der Waals surface area contributed by atoms with Crippen molar-refractivity contribution in [2.75, 3.05) is 0 Å². The minimum Gasteiger partial charge on any atom is -0.456 e. The molecule has 0 bridgehead atoms. The maximum Gasteiger partial charge on any atom is 0.391 e. The zero-order valence-corrected chi connectivity index (χ0v) is 10.6. The molecule has 82 valence electrons. The second-order valence-corrected chi connectivity index (χ2v) is 5.69. The Morgan fingerprint density at radius 1 is 1.60 bits per heavy atom. The van der Waals surface area contributed by atoms with E-state index in [9.17, 15) is 4.79 Å². The average Bonchev–Trinajstić information content (AvgIpc) is 2.46. The highest BCUT2D eigenvalue weighted by molar-refractivity contribution is 7.80. The number of hydrogen-bond donors (Lipinski definition) is 1. The molecule has 0 fully saturated rings. The molecule has 0 spiro atoms. The van der Waals surface area contributed by atoms with Crippen molar-refractivity contribution in [1.82, 2.24) is 0 Å². The smallest absolute Gasteiger partial charge is 0.391 e. The Morgan fingerprint density at radius 3 is 2.60 bits per heavy atom. The number of nitrogens with two attached hydrogens (primary N) is 1. The third-order valence-corrected chi connectivity index (χ3v) is 3.59. The summed E-state index contributed by atoms with van der Waals surface area (Å²) in [7, 11) is -0.251. The van der Waals surface area contributed by atoms with E-state index in [-0.39, 0.29) is 22.5 Å². The summed E-state index contributed by atoms with van der Waals surface area (Å²) < 4.78 is 5.11. The Bertz CT molecular complexity index is 396. The zero-order valence-electron chi connectivity index (χ0n) is 8.94. The van der Waals surface area contributed by atoms with E-state index >= 15 is 0 Å². The molecular weight excluding hydrogens is 230 g/mol. The predicted octanol–water partition coefficient (Wildman–Crippen LogP) is 2.17. The molecule has 15 heavy (non-hydrogen) atoms. The SMILES string of the molecule is CC(C)OC(=O)c1cc(C(N)=S)c[s+]1C. The topological polar surface area (TPSA) is 52.3 Å². The Morgan fingerprint density at radius 2 is 2.20 bits per heavy atom. The first kappa shape index (κ1) is 12.1. The molecule has 0 radical (unpaired) electrons. The molecule has 2 N–H and O–H groups in total. The molecule has 3 nitrogen and oxygen atoms in total. The van der Waals surface area contributed by atoms with E-state index in [0.717, 1.165) is 5.56 Å². The second kappa shape index (κ2) is 4.72. The monoisotopic (exact) mass is 244 g/mol. The molecule has 1 aromatic rings. The fourth-order valence-electron chi connectivity index (χ4n) is 1.11. The van der Waals surface area contributed by atoms with Crippen molar-refractivity contribution in [2.45, 2.75) is 20.0 Å². The van der Waals surface area contributed by atoms with Gasteiger partial charge in [0.1, 0.15) is 16.6 Å². The zero-order chi connectivity index (χ0) is 11.6. The number of carbonyl (C=O) groups excluding carboxylic acids is 1. The summed E-state index contributed by atoms with van der Waals surface area (Å²) in [6.07, 6.45) is 1.84. The Balaban J connectivity index is 2.94. The number of esters is 1. The van der Waals surface area contributed by atoms with Crippen LogP contribution in [0, 0.1) is 0 Å². The van der Waals surface area contributed by atoms with E-state index in [4.69, 9.17) is 22.7 Å². The lowest BCUT2D eigenvalue weighted by molar-refractivity contribution is 0.0383. The molecular formula is C10H14NO2S2+. The highest BCUT2D eigenvalue weighted by Crippen LogP contribution is 2.26. The second-order valence-electron chi connectivity index (χ2n) is 3.46. The van der Waals surface area contributed by atoms with Crippen LogP contribution in [0.5, 0.6) is 0 Å². The molecule has 1 aromatic heterocycles. The third kappa shape index (κ3) is 3.00. The van der Waals surface area contributed by atoms with Gasteiger partial charge in [-0.1, -0.05) is 12.2 Å². The lowest BCUT2D eigenvalue weighted by Crippen LogP contribution is -2.11. The van der Waals surface area contributed by atoms with E-state index in [2.05, 4.69) is 0 Å². The number of hydrogen-bond acceptors (Lipinski definition) is 3.